The normalized spacial score (nSPS) is 19.8. The molecular weight excluding hydrogens is 258 g/mol. The Bertz CT molecular complexity index is 475. The van der Waals surface area contributed by atoms with Crippen molar-refractivity contribution in [1.82, 2.24) is 4.90 Å². The van der Waals surface area contributed by atoms with Crippen LogP contribution in [-0.2, 0) is 11.3 Å². The molecule has 0 amide bonds. The lowest BCUT2D eigenvalue weighted by Gasteiger charge is -2.32. The van der Waals surface area contributed by atoms with Crippen molar-refractivity contribution in [3.8, 4) is 5.75 Å². The molecule has 1 aromatic rings. The molecular formula is C15H21NO4. The van der Waals surface area contributed by atoms with Gasteiger partial charge in [-0.15, -0.1) is 0 Å². The second-order valence-electron chi connectivity index (χ2n) is 4.98. The highest BCUT2D eigenvalue weighted by molar-refractivity contribution is 5.90. The van der Waals surface area contributed by atoms with Crippen LogP contribution in [0.2, 0.25) is 0 Å². The number of hydrogen-bond acceptors (Lipinski definition) is 4. The van der Waals surface area contributed by atoms with E-state index >= 15 is 0 Å². The van der Waals surface area contributed by atoms with Crippen LogP contribution in [-0.4, -0.2) is 48.9 Å². The number of benzene rings is 1. The van der Waals surface area contributed by atoms with E-state index in [9.17, 15) is 4.79 Å². The zero-order chi connectivity index (χ0) is 14.5. The molecule has 5 heteroatoms. The van der Waals surface area contributed by atoms with Crippen molar-refractivity contribution in [2.45, 2.75) is 26.0 Å². The van der Waals surface area contributed by atoms with Gasteiger partial charge in [0.2, 0.25) is 0 Å². The number of morpholine rings is 1. The Morgan fingerprint density at radius 3 is 3.00 bits per heavy atom. The predicted octanol–water partition coefficient (Wildman–Crippen LogP) is 2.00. The molecule has 5 nitrogen and oxygen atoms in total. The third-order valence-electron chi connectivity index (χ3n) is 3.58. The van der Waals surface area contributed by atoms with Gasteiger partial charge in [0, 0.05) is 19.6 Å². The van der Waals surface area contributed by atoms with Crippen LogP contribution < -0.4 is 4.74 Å². The van der Waals surface area contributed by atoms with Crippen molar-refractivity contribution in [2.75, 3.05) is 26.8 Å². The molecule has 0 bridgehead atoms. The van der Waals surface area contributed by atoms with Gasteiger partial charge in [-0.1, -0.05) is 13.0 Å². The van der Waals surface area contributed by atoms with Crippen LogP contribution >= 0.6 is 0 Å². The Balaban J connectivity index is 2.07. The number of ether oxygens (including phenoxy) is 2. The minimum Gasteiger partial charge on any atom is -0.496 e. The number of carbonyl (C=O) groups is 1. The van der Waals surface area contributed by atoms with Crippen LogP contribution in [0.3, 0.4) is 0 Å². The second-order valence-corrected chi connectivity index (χ2v) is 4.98. The van der Waals surface area contributed by atoms with Gasteiger partial charge in [0.15, 0.2) is 0 Å². The number of nitrogens with zero attached hydrogens (tertiary/aromatic N) is 1. The van der Waals surface area contributed by atoms with E-state index in [1.807, 2.05) is 6.07 Å². The number of aromatic carboxylic acids is 1. The molecule has 0 spiro atoms. The highest BCUT2D eigenvalue weighted by Gasteiger charge is 2.19. The third kappa shape index (κ3) is 3.49. The van der Waals surface area contributed by atoms with E-state index in [-0.39, 0.29) is 5.56 Å². The highest BCUT2D eigenvalue weighted by Crippen LogP contribution is 2.22. The fourth-order valence-electron chi connectivity index (χ4n) is 2.44. The maximum Gasteiger partial charge on any atom is 0.339 e. The SMILES string of the molecule is CCC1CN(Cc2ccc(C(=O)O)c(OC)c2)CCO1. The summed E-state index contributed by atoms with van der Waals surface area (Å²) in [6.07, 6.45) is 1.31. The molecule has 1 unspecified atom stereocenters. The van der Waals surface area contributed by atoms with Gasteiger partial charge in [-0.2, -0.15) is 0 Å². The standard InChI is InChI=1S/C15H21NO4/c1-3-12-10-16(6-7-20-12)9-11-4-5-13(15(17)18)14(8-11)19-2/h4-5,8,12H,3,6-7,9-10H2,1-2H3,(H,17,18). The first-order chi connectivity index (χ1) is 9.63. The molecule has 1 aliphatic rings. The molecule has 0 aromatic heterocycles. The topological polar surface area (TPSA) is 59.0 Å². The summed E-state index contributed by atoms with van der Waals surface area (Å²) in [5.41, 5.74) is 1.26. The lowest BCUT2D eigenvalue weighted by Crippen LogP contribution is -2.41. The van der Waals surface area contributed by atoms with Crippen molar-refractivity contribution in [3.05, 3.63) is 29.3 Å². The maximum absolute atomic E-state index is 11.1. The zero-order valence-electron chi connectivity index (χ0n) is 12.0. The first-order valence-electron chi connectivity index (χ1n) is 6.88. The van der Waals surface area contributed by atoms with Gasteiger partial charge in [0.1, 0.15) is 11.3 Å². The number of methoxy groups -OCH3 is 1. The molecule has 0 radical (unpaired) electrons. The molecule has 1 aromatic carbocycles. The lowest BCUT2D eigenvalue weighted by atomic mass is 10.1. The quantitative estimate of drug-likeness (QED) is 0.893. The smallest absolute Gasteiger partial charge is 0.339 e. The van der Waals surface area contributed by atoms with Gasteiger partial charge >= 0.3 is 5.97 Å². The molecule has 1 aliphatic heterocycles. The fourth-order valence-corrected chi connectivity index (χ4v) is 2.44. The molecule has 1 heterocycles. The Morgan fingerprint density at radius 2 is 2.35 bits per heavy atom. The van der Waals surface area contributed by atoms with E-state index in [1.165, 1.54) is 7.11 Å². The third-order valence-corrected chi connectivity index (χ3v) is 3.58. The first-order valence-corrected chi connectivity index (χ1v) is 6.88. The van der Waals surface area contributed by atoms with E-state index < -0.39 is 5.97 Å². The number of rotatable bonds is 5. The summed E-state index contributed by atoms with van der Waals surface area (Å²) in [5.74, 6) is -0.555. The molecule has 0 aliphatic carbocycles. The van der Waals surface area contributed by atoms with Crippen molar-refractivity contribution in [2.24, 2.45) is 0 Å². The number of carboxylic acids is 1. The van der Waals surface area contributed by atoms with Gasteiger partial charge in [0.25, 0.3) is 0 Å². The molecule has 110 valence electrons. The van der Waals surface area contributed by atoms with Crippen LogP contribution in [0.4, 0.5) is 0 Å². The summed E-state index contributed by atoms with van der Waals surface area (Å²) in [7, 11) is 1.49. The van der Waals surface area contributed by atoms with Crippen molar-refractivity contribution >= 4 is 5.97 Å². The number of carboxylic acid groups (broad SMARTS) is 1. The highest BCUT2D eigenvalue weighted by atomic mass is 16.5. The minimum absolute atomic E-state index is 0.199. The molecule has 1 fully saturated rings. The van der Waals surface area contributed by atoms with Gasteiger partial charge in [-0.05, 0) is 24.1 Å². The maximum atomic E-state index is 11.1. The van der Waals surface area contributed by atoms with Crippen molar-refractivity contribution < 1.29 is 19.4 Å². The van der Waals surface area contributed by atoms with Gasteiger partial charge < -0.3 is 14.6 Å². The van der Waals surface area contributed by atoms with Crippen LogP contribution in [0.25, 0.3) is 0 Å². The monoisotopic (exact) mass is 279 g/mol. The van der Waals surface area contributed by atoms with Crippen LogP contribution in [0.5, 0.6) is 5.75 Å². The van der Waals surface area contributed by atoms with Gasteiger partial charge in [-0.25, -0.2) is 4.79 Å². The van der Waals surface area contributed by atoms with Crippen LogP contribution in [0, 0.1) is 0 Å². The second kappa shape index (κ2) is 6.72. The van der Waals surface area contributed by atoms with Crippen LogP contribution in [0.15, 0.2) is 18.2 Å². The minimum atomic E-state index is -0.967. The van der Waals surface area contributed by atoms with E-state index in [0.717, 1.165) is 38.2 Å². The number of hydrogen-bond donors (Lipinski definition) is 1. The fraction of sp³-hybridized carbons (Fsp3) is 0.533. The van der Waals surface area contributed by atoms with E-state index in [1.54, 1.807) is 12.1 Å². The Kier molecular flexibility index (Phi) is 4.98. The first kappa shape index (κ1) is 14.8. The Labute approximate surface area is 119 Å². The summed E-state index contributed by atoms with van der Waals surface area (Å²) in [6, 6.07) is 5.26. The Morgan fingerprint density at radius 1 is 1.55 bits per heavy atom. The summed E-state index contributed by atoms with van der Waals surface area (Å²) < 4.78 is 10.8. The van der Waals surface area contributed by atoms with Crippen molar-refractivity contribution in [3.63, 3.8) is 0 Å². The molecule has 1 N–H and O–H groups in total. The van der Waals surface area contributed by atoms with Crippen LogP contribution in [0.1, 0.15) is 29.3 Å². The molecule has 1 saturated heterocycles. The van der Waals surface area contributed by atoms with Gasteiger partial charge in [-0.3, -0.25) is 4.90 Å². The van der Waals surface area contributed by atoms with E-state index in [4.69, 9.17) is 14.6 Å². The summed E-state index contributed by atoms with van der Waals surface area (Å²) in [5, 5.41) is 9.07. The summed E-state index contributed by atoms with van der Waals surface area (Å²) in [6.45, 7) is 5.48. The van der Waals surface area contributed by atoms with Crippen molar-refractivity contribution in [1.29, 1.82) is 0 Å². The van der Waals surface area contributed by atoms with Gasteiger partial charge in [0.05, 0.1) is 19.8 Å². The van der Waals surface area contributed by atoms with E-state index in [0.29, 0.717) is 11.9 Å². The molecule has 0 saturated carbocycles. The van der Waals surface area contributed by atoms with E-state index in [2.05, 4.69) is 11.8 Å². The average molecular weight is 279 g/mol. The summed E-state index contributed by atoms with van der Waals surface area (Å²) in [4.78, 5) is 13.4. The lowest BCUT2D eigenvalue weighted by molar-refractivity contribution is -0.0324. The molecule has 2 rings (SSSR count). The predicted molar refractivity (Wildman–Crippen MR) is 75.3 cm³/mol. The molecule has 1 atom stereocenters. The summed E-state index contributed by atoms with van der Waals surface area (Å²) >= 11 is 0. The largest absolute Gasteiger partial charge is 0.496 e. The zero-order valence-corrected chi connectivity index (χ0v) is 12.0. The Hall–Kier alpha value is -1.59. The average Bonchev–Trinajstić information content (AvgIpc) is 2.47. The molecule has 20 heavy (non-hydrogen) atoms.